The van der Waals surface area contributed by atoms with Crippen molar-refractivity contribution < 1.29 is 9.47 Å². The van der Waals surface area contributed by atoms with Crippen molar-refractivity contribution in [3.8, 4) is 0 Å². The number of aliphatic imine (C=N–C) groups is 1. The van der Waals surface area contributed by atoms with Crippen LogP contribution in [0.25, 0.3) is 0 Å². The average molecular weight is 522 g/mol. The van der Waals surface area contributed by atoms with Crippen LogP contribution < -0.4 is 5.32 Å². The van der Waals surface area contributed by atoms with Crippen LogP contribution in [0.15, 0.2) is 29.3 Å². The highest BCUT2D eigenvalue weighted by molar-refractivity contribution is 14.0. The van der Waals surface area contributed by atoms with Gasteiger partial charge < -0.3 is 19.7 Å². The van der Waals surface area contributed by atoms with Crippen LogP contribution in [0.2, 0.25) is 5.02 Å². The SMILES string of the molecule is CN=C(NCCc1ccccc1Cl)N1CCC(OCC2CCCCO2)CC1.I. The fourth-order valence-corrected chi connectivity index (χ4v) is 3.99. The normalized spacial score (nSPS) is 21.3. The summed E-state index contributed by atoms with van der Waals surface area (Å²) in [6.45, 7) is 4.41. The summed E-state index contributed by atoms with van der Waals surface area (Å²) in [5.41, 5.74) is 1.17. The van der Waals surface area contributed by atoms with E-state index >= 15 is 0 Å². The second-order valence-corrected chi connectivity index (χ2v) is 7.73. The third-order valence-electron chi connectivity index (χ3n) is 5.38. The summed E-state index contributed by atoms with van der Waals surface area (Å²) in [6, 6.07) is 8.00. The van der Waals surface area contributed by atoms with E-state index in [2.05, 4.69) is 21.3 Å². The van der Waals surface area contributed by atoms with Crippen LogP contribution in [0.3, 0.4) is 0 Å². The van der Waals surface area contributed by atoms with Gasteiger partial charge in [-0.25, -0.2) is 0 Å². The van der Waals surface area contributed by atoms with Crippen molar-refractivity contribution in [3.63, 3.8) is 0 Å². The molecule has 0 radical (unpaired) electrons. The number of guanidine groups is 1. The number of rotatable bonds is 6. The summed E-state index contributed by atoms with van der Waals surface area (Å²) < 4.78 is 11.9. The Morgan fingerprint density at radius 1 is 1.25 bits per heavy atom. The quantitative estimate of drug-likeness (QED) is 0.347. The molecule has 7 heteroatoms. The predicted octanol–water partition coefficient (Wildman–Crippen LogP) is 4.13. The van der Waals surface area contributed by atoms with Gasteiger partial charge in [-0.1, -0.05) is 29.8 Å². The Morgan fingerprint density at radius 3 is 2.71 bits per heavy atom. The molecule has 2 aliphatic rings. The van der Waals surface area contributed by atoms with E-state index in [1.807, 2.05) is 25.2 Å². The van der Waals surface area contributed by atoms with Crippen molar-refractivity contribution in [3.05, 3.63) is 34.9 Å². The summed E-state index contributed by atoms with van der Waals surface area (Å²) in [6.07, 6.45) is 7.21. The molecular weight excluding hydrogens is 489 g/mol. The van der Waals surface area contributed by atoms with Gasteiger partial charge in [-0.05, 0) is 50.2 Å². The Balaban J connectivity index is 0.00000280. The second kappa shape index (κ2) is 12.9. The maximum Gasteiger partial charge on any atom is 0.193 e. The molecule has 158 valence electrons. The molecular formula is C21H33ClIN3O2. The molecule has 1 N–H and O–H groups in total. The summed E-state index contributed by atoms with van der Waals surface area (Å²) in [5, 5.41) is 4.30. The first-order valence-corrected chi connectivity index (χ1v) is 10.6. The Hall–Kier alpha value is -0.570. The molecule has 0 amide bonds. The zero-order valence-electron chi connectivity index (χ0n) is 16.7. The van der Waals surface area contributed by atoms with Crippen molar-refractivity contribution in [1.82, 2.24) is 10.2 Å². The lowest BCUT2D eigenvalue weighted by atomic mass is 10.1. The third kappa shape index (κ3) is 7.35. The van der Waals surface area contributed by atoms with Crippen molar-refractivity contribution in [2.45, 2.75) is 50.7 Å². The molecule has 0 saturated carbocycles. The van der Waals surface area contributed by atoms with E-state index in [0.29, 0.717) is 12.2 Å². The van der Waals surface area contributed by atoms with Crippen molar-refractivity contribution >= 4 is 41.5 Å². The maximum absolute atomic E-state index is 6.23. The molecule has 2 saturated heterocycles. The number of likely N-dealkylation sites (tertiary alicyclic amines) is 1. The number of benzene rings is 1. The van der Waals surface area contributed by atoms with Crippen LogP contribution in [0.4, 0.5) is 0 Å². The maximum atomic E-state index is 6.23. The minimum atomic E-state index is 0. The lowest BCUT2D eigenvalue weighted by molar-refractivity contribution is -0.0721. The summed E-state index contributed by atoms with van der Waals surface area (Å²) in [4.78, 5) is 6.77. The van der Waals surface area contributed by atoms with Gasteiger partial charge in [0.25, 0.3) is 0 Å². The smallest absolute Gasteiger partial charge is 0.193 e. The topological polar surface area (TPSA) is 46.1 Å². The van der Waals surface area contributed by atoms with E-state index in [1.165, 1.54) is 18.4 Å². The van der Waals surface area contributed by atoms with Crippen molar-refractivity contribution in [2.75, 3.05) is 39.9 Å². The highest BCUT2D eigenvalue weighted by atomic mass is 127. The Labute approximate surface area is 191 Å². The van der Waals surface area contributed by atoms with Gasteiger partial charge in [0.1, 0.15) is 0 Å². The lowest BCUT2D eigenvalue weighted by Crippen LogP contribution is -2.47. The number of piperidine rings is 1. The molecule has 0 aromatic heterocycles. The van der Waals surface area contributed by atoms with Gasteiger partial charge in [0.15, 0.2) is 5.96 Å². The Kier molecular flexibility index (Phi) is 10.9. The van der Waals surface area contributed by atoms with Crippen molar-refractivity contribution in [1.29, 1.82) is 0 Å². The number of hydrogen-bond donors (Lipinski definition) is 1. The van der Waals surface area contributed by atoms with Crippen molar-refractivity contribution in [2.24, 2.45) is 4.99 Å². The zero-order valence-corrected chi connectivity index (χ0v) is 19.8. The van der Waals surface area contributed by atoms with E-state index in [0.717, 1.165) is 69.5 Å². The van der Waals surface area contributed by atoms with E-state index < -0.39 is 0 Å². The van der Waals surface area contributed by atoms with Gasteiger partial charge in [0, 0.05) is 38.3 Å². The fraction of sp³-hybridized carbons (Fsp3) is 0.667. The number of nitrogens with zero attached hydrogens (tertiary/aromatic N) is 2. The Bertz CT molecular complexity index is 603. The lowest BCUT2D eigenvalue weighted by Gasteiger charge is -2.35. The zero-order chi connectivity index (χ0) is 18.9. The molecule has 2 fully saturated rings. The van der Waals surface area contributed by atoms with Gasteiger partial charge in [0.2, 0.25) is 0 Å². The van der Waals surface area contributed by atoms with Gasteiger partial charge in [0.05, 0.1) is 18.8 Å². The summed E-state index contributed by atoms with van der Waals surface area (Å²) >= 11 is 6.23. The molecule has 28 heavy (non-hydrogen) atoms. The first-order valence-electron chi connectivity index (χ1n) is 10.2. The summed E-state index contributed by atoms with van der Waals surface area (Å²) in [7, 11) is 1.85. The standard InChI is InChI=1S/C21H32ClN3O2.HI/c1-23-21(24-12-9-17-6-2-3-8-20(17)22)25-13-10-18(11-14-25)27-16-19-7-4-5-15-26-19;/h2-3,6,8,18-19H,4-5,7,9-16H2,1H3,(H,23,24);1H. The van der Waals surface area contributed by atoms with E-state index in [4.69, 9.17) is 21.1 Å². The first-order chi connectivity index (χ1) is 13.3. The van der Waals surface area contributed by atoms with E-state index in [1.54, 1.807) is 0 Å². The monoisotopic (exact) mass is 521 g/mol. The number of halogens is 2. The number of ether oxygens (including phenoxy) is 2. The molecule has 2 aliphatic heterocycles. The van der Waals surface area contributed by atoms with Crippen LogP contribution in [0.1, 0.15) is 37.7 Å². The summed E-state index contributed by atoms with van der Waals surface area (Å²) in [5.74, 6) is 0.969. The highest BCUT2D eigenvalue weighted by Crippen LogP contribution is 2.18. The first kappa shape index (κ1) is 23.7. The van der Waals surface area contributed by atoms with E-state index in [-0.39, 0.29) is 24.0 Å². The van der Waals surface area contributed by atoms with Gasteiger partial charge >= 0.3 is 0 Å². The van der Waals surface area contributed by atoms with Crippen LogP contribution in [0.5, 0.6) is 0 Å². The van der Waals surface area contributed by atoms with Gasteiger partial charge in [-0.3, -0.25) is 4.99 Å². The molecule has 2 heterocycles. The molecule has 0 bridgehead atoms. The predicted molar refractivity (Wildman–Crippen MR) is 126 cm³/mol. The molecule has 5 nitrogen and oxygen atoms in total. The van der Waals surface area contributed by atoms with E-state index in [9.17, 15) is 0 Å². The average Bonchev–Trinajstić information content (AvgIpc) is 2.72. The minimum Gasteiger partial charge on any atom is -0.376 e. The van der Waals surface area contributed by atoms with Crippen LogP contribution >= 0.6 is 35.6 Å². The highest BCUT2D eigenvalue weighted by Gasteiger charge is 2.23. The minimum absolute atomic E-state index is 0. The number of nitrogens with one attached hydrogen (secondary N) is 1. The number of hydrogen-bond acceptors (Lipinski definition) is 3. The molecule has 1 aromatic carbocycles. The van der Waals surface area contributed by atoms with Crippen LogP contribution in [-0.2, 0) is 15.9 Å². The van der Waals surface area contributed by atoms with Crippen LogP contribution in [0, 0.1) is 0 Å². The largest absolute Gasteiger partial charge is 0.376 e. The second-order valence-electron chi connectivity index (χ2n) is 7.32. The van der Waals surface area contributed by atoms with Gasteiger partial charge in [-0.2, -0.15) is 0 Å². The van der Waals surface area contributed by atoms with Gasteiger partial charge in [-0.15, -0.1) is 24.0 Å². The molecule has 3 rings (SSSR count). The third-order valence-corrected chi connectivity index (χ3v) is 5.75. The molecule has 0 aliphatic carbocycles. The molecule has 1 aromatic rings. The molecule has 1 unspecified atom stereocenters. The fourth-order valence-electron chi connectivity index (χ4n) is 3.76. The Morgan fingerprint density at radius 2 is 2.04 bits per heavy atom. The molecule has 1 atom stereocenters. The molecule has 0 spiro atoms. The van der Waals surface area contributed by atoms with Crippen LogP contribution in [-0.4, -0.2) is 63.0 Å².